The first kappa shape index (κ1) is 19.9. The van der Waals surface area contributed by atoms with Gasteiger partial charge in [-0.2, -0.15) is 0 Å². The van der Waals surface area contributed by atoms with Gasteiger partial charge in [0.2, 0.25) is 11.8 Å². The second kappa shape index (κ2) is 8.87. The summed E-state index contributed by atoms with van der Waals surface area (Å²) in [7, 11) is 1.75. The maximum atomic E-state index is 12.6. The number of amides is 2. The maximum absolute atomic E-state index is 12.6. The molecular weight excluding hydrogens is 342 g/mol. The van der Waals surface area contributed by atoms with Gasteiger partial charge in [-0.05, 0) is 37.8 Å². The SMILES string of the molecule is CCN(CC)CCNC(=NC)NCCCN1C(=O)C2C3C=CC(C3)C2C1=O. The molecule has 7 nitrogen and oxygen atoms in total. The Kier molecular flexibility index (Phi) is 6.52. The summed E-state index contributed by atoms with van der Waals surface area (Å²) in [6, 6.07) is 0. The molecule has 27 heavy (non-hydrogen) atoms. The number of guanidine groups is 1. The molecule has 2 bridgehead atoms. The molecule has 2 N–H and O–H groups in total. The Labute approximate surface area is 162 Å². The van der Waals surface area contributed by atoms with Crippen LogP contribution in [0.25, 0.3) is 0 Å². The highest BCUT2D eigenvalue weighted by Gasteiger charge is 2.58. The van der Waals surface area contributed by atoms with E-state index in [1.807, 2.05) is 0 Å². The van der Waals surface area contributed by atoms with Crippen LogP contribution in [0.1, 0.15) is 26.7 Å². The second-order valence-corrected chi connectivity index (χ2v) is 7.63. The van der Waals surface area contributed by atoms with Gasteiger partial charge in [0, 0.05) is 33.2 Å². The molecule has 7 heteroatoms. The summed E-state index contributed by atoms with van der Waals surface area (Å²) in [5.74, 6) is 1.25. The van der Waals surface area contributed by atoms with Gasteiger partial charge in [-0.25, -0.2) is 0 Å². The van der Waals surface area contributed by atoms with Crippen LogP contribution in [0, 0.1) is 23.7 Å². The standard InChI is InChI=1S/C20H33N5O2/c1-4-24(5-2)12-10-23-20(21-3)22-9-6-11-25-18(26)16-14-7-8-15(13-14)17(16)19(25)27/h7-8,14-17H,4-6,9-13H2,1-3H3,(H2,21,22,23). The lowest BCUT2D eigenvalue weighted by atomic mass is 9.85. The minimum Gasteiger partial charge on any atom is -0.356 e. The summed E-state index contributed by atoms with van der Waals surface area (Å²) >= 11 is 0. The van der Waals surface area contributed by atoms with Gasteiger partial charge in [0.15, 0.2) is 5.96 Å². The number of nitrogens with one attached hydrogen (secondary N) is 2. The van der Waals surface area contributed by atoms with E-state index in [4.69, 9.17) is 0 Å². The van der Waals surface area contributed by atoms with E-state index in [2.05, 4.69) is 46.5 Å². The van der Waals surface area contributed by atoms with Crippen LogP contribution in [0.15, 0.2) is 17.1 Å². The fraction of sp³-hybridized carbons (Fsp3) is 0.750. The Morgan fingerprint density at radius 3 is 2.26 bits per heavy atom. The van der Waals surface area contributed by atoms with Crippen LogP contribution in [-0.2, 0) is 9.59 Å². The van der Waals surface area contributed by atoms with E-state index in [-0.39, 0.29) is 35.5 Å². The van der Waals surface area contributed by atoms with Crippen molar-refractivity contribution in [3.8, 4) is 0 Å². The Balaban J connectivity index is 1.37. The molecule has 1 heterocycles. The number of hydrogen-bond acceptors (Lipinski definition) is 4. The van der Waals surface area contributed by atoms with Crippen molar-refractivity contribution in [1.82, 2.24) is 20.4 Å². The summed E-state index contributed by atoms with van der Waals surface area (Å²) in [4.78, 5) is 33.4. The van der Waals surface area contributed by atoms with Crippen LogP contribution in [0.3, 0.4) is 0 Å². The van der Waals surface area contributed by atoms with Gasteiger partial charge in [0.25, 0.3) is 0 Å². The summed E-state index contributed by atoms with van der Waals surface area (Å²) < 4.78 is 0. The topological polar surface area (TPSA) is 77.0 Å². The molecule has 2 fully saturated rings. The molecule has 3 aliphatic rings. The Morgan fingerprint density at radius 1 is 1.11 bits per heavy atom. The molecule has 0 spiro atoms. The summed E-state index contributed by atoms with van der Waals surface area (Å²) in [5.41, 5.74) is 0. The first-order valence-corrected chi connectivity index (χ1v) is 10.3. The molecule has 150 valence electrons. The number of carbonyl (C=O) groups is 2. The molecule has 1 aliphatic heterocycles. The van der Waals surface area contributed by atoms with Gasteiger partial charge >= 0.3 is 0 Å². The number of rotatable bonds is 9. The van der Waals surface area contributed by atoms with Crippen molar-refractivity contribution in [2.75, 3.05) is 46.3 Å². The normalized spacial score (nSPS) is 29.2. The highest BCUT2D eigenvalue weighted by molar-refractivity contribution is 6.06. The van der Waals surface area contributed by atoms with Crippen molar-refractivity contribution >= 4 is 17.8 Å². The summed E-state index contributed by atoms with van der Waals surface area (Å²) in [6.07, 6.45) is 5.99. The van der Waals surface area contributed by atoms with E-state index in [1.165, 1.54) is 4.90 Å². The third-order valence-electron chi connectivity index (χ3n) is 6.25. The third kappa shape index (κ3) is 4.03. The highest BCUT2D eigenvalue weighted by Crippen LogP contribution is 2.52. The van der Waals surface area contributed by atoms with Gasteiger partial charge in [0.05, 0.1) is 11.8 Å². The smallest absolute Gasteiger partial charge is 0.233 e. The van der Waals surface area contributed by atoms with E-state index in [1.54, 1.807) is 7.05 Å². The average Bonchev–Trinajstić information content (AvgIpc) is 3.36. The molecule has 4 unspecified atom stereocenters. The zero-order chi connectivity index (χ0) is 19.4. The fourth-order valence-corrected chi connectivity index (χ4v) is 4.72. The largest absolute Gasteiger partial charge is 0.356 e. The predicted octanol–water partition coefficient (Wildman–Crippen LogP) is 0.690. The number of nitrogens with zero attached hydrogens (tertiary/aromatic N) is 3. The van der Waals surface area contributed by atoms with Crippen LogP contribution >= 0.6 is 0 Å². The van der Waals surface area contributed by atoms with Gasteiger partial charge in [-0.1, -0.05) is 26.0 Å². The minimum absolute atomic E-state index is 0.0450. The summed E-state index contributed by atoms with van der Waals surface area (Å²) in [6.45, 7) is 9.40. The number of allylic oxidation sites excluding steroid dienone is 2. The number of fused-ring (bicyclic) bond motifs is 5. The van der Waals surface area contributed by atoms with Crippen LogP contribution in [0.4, 0.5) is 0 Å². The molecule has 2 aliphatic carbocycles. The van der Waals surface area contributed by atoms with Crippen molar-refractivity contribution < 1.29 is 9.59 Å². The molecule has 0 aromatic carbocycles. The molecule has 3 rings (SSSR count). The average molecular weight is 376 g/mol. The number of aliphatic imine (C=N–C) groups is 1. The van der Waals surface area contributed by atoms with E-state index >= 15 is 0 Å². The molecule has 0 aromatic heterocycles. The number of imide groups is 1. The van der Waals surface area contributed by atoms with Crippen molar-refractivity contribution in [1.29, 1.82) is 0 Å². The van der Waals surface area contributed by atoms with Crippen LogP contribution in [0.2, 0.25) is 0 Å². The number of carbonyl (C=O) groups excluding carboxylic acids is 2. The summed E-state index contributed by atoms with van der Waals surface area (Å²) in [5, 5.41) is 6.58. The fourth-order valence-electron chi connectivity index (χ4n) is 4.72. The van der Waals surface area contributed by atoms with Crippen molar-refractivity contribution in [2.24, 2.45) is 28.7 Å². The van der Waals surface area contributed by atoms with Gasteiger partial charge in [-0.3, -0.25) is 19.5 Å². The molecule has 0 radical (unpaired) electrons. The predicted molar refractivity (Wildman–Crippen MR) is 106 cm³/mol. The van der Waals surface area contributed by atoms with Gasteiger partial charge in [-0.15, -0.1) is 0 Å². The van der Waals surface area contributed by atoms with Crippen LogP contribution < -0.4 is 10.6 Å². The molecular formula is C20H33N5O2. The van der Waals surface area contributed by atoms with E-state index in [9.17, 15) is 9.59 Å². The zero-order valence-electron chi connectivity index (χ0n) is 16.8. The lowest BCUT2D eigenvalue weighted by molar-refractivity contribution is -0.140. The monoisotopic (exact) mass is 375 g/mol. The van der Waals surface area contributed by atoms with Crippen molar-refractivity contribution in [3.63, 3.8) is 0 Å². The number of likely N-dealkylation sites (N-methyl/N-ethyl adjacent to an activating group) is 1. The minimum atomic E-state index is -0.0880. The van der Waals surface area contributed by atoms with Crippen molar-refractivity contribution in [3.05, 3.63) is 12.2 Å². The first-order valence-electron chi connectivity index (χ1n) is 10.3. The molecule has 1 saturated carbocycles. The second-order valence-electron chi connectivity index (χ2n) is 7.63. The molecule has 2 amide bonds. The Hall–Kier alpha value is -1.89. The van der Waals surface area contributed by atoms with Gasteiger partial charge < -0.3 is 15.5 Å². The number of likely N-dealkylation sites (tertiary alicyclic amines) is 1. The lowest BCUT2D eigenvalue weighted by Gasteiger charge is -2.20. The molecule has 4 atom stereocenters. The van der Waals surface area contributed by atoms with Crippen LogP contribution in [-0.4, -0.2) is 73.9 Å². The van der Waals surface area contributed by atoms with E-state index in [0.29, 0.717) is 13.1 Å². The molecule has 0 aromatic rings. The quantitative estimate of drug-likeness (QED) is 0.204. The lowest BCUT2D eigenvalue weighted by Crippen LogP contribution is -2.42. The maximum Gasteiger partial charge on any atom is 0.233 e. The third-order valence-corrected chi connectivity index (χ3v) is 6.25. The Morgan fingerprint density at radius 2 is 1.70 bits per heavy atom. The van der Waals surface area contributed by atoms with E-state index in [0.717, 1.165) is 45.0 Å². The van der Waals surface area contributed by atoms with E-state index < -0.39 is 0 Å². The van der Waals surface area contributed by atoms with Crippen LogP contribution in [0.5, 0.6) is 0 Å². The van der Waals surface area contributed by atoms with Gasteiger partial charge in [0.1, 0.15) is 0 Å². The number of hydrogen-bond donors (Lipinski definition) is 2. The zero-order valence-corrected chi connectivity index (χ0v) is 16.8. The van der Waals surface area contributed by atoms with Crippen molar-refractivity contribution in [2.45, 2.75) is 26.7 Å². The Bertz CT molecular complexity index is 583. The highest BCUT2D eigenvalue weighted by atomic mass is 16.2. The first-order chi connectivity index (χ1) is 13.1. The molecule has 1 saturated heterocycles.